The van der Waals surface area contributed by atoms with Gasteiger partial charge in [-0.15, -0.1) is 0 Å². The Kier molecular flexibility index (Phi) is 5.02. The minimum absolute atomic E-state index is 0.273. The summed E-state index contributed by atoms with van der Waals surface area (Å²) in [6.07, 6.45) is 4.08. The number of amides is 2. The number of imidazole rings is 1. The van der Waals surface area contributed by atoms with Gasteiger partial charge in [0.25, 0.3) is 5.91 Å². The van der Waals surface area contributed by atoms with Gasteiger partial charge >= 0.3 is 0 Å². The number of nitrogens with zero attached hydrogens (tertiary/aromatic N) is 1. The van der Waals surface area contributed by atoms with Gasteiger partial charge in [-0.05, 0) is 12.1 Å². The molecular formula is C15H16N4O3. The van der Waals surface area contributed by atoms with Crippen molar-refractivity contribution in [1.82, 2.24) is 15.3 Å². The highest BCUT2D eigenvalue weighted by Gasteiger charge is 2.17. The van der Waals surface area contributed by atoms with E-state index in [0.717, 1.165) is 5.69 Å². The Hall–Kier alpha value is -2.96. The van der Waals surface area contributed by atoms with Gasteiger partial charge < -0.3 is 20.4 Å². The molecule has 0 radical (unpaired) electrons. The fourth-order valence-corrected chi connectivity index (χ4v) is 1.99. The van der Waals surface area contributed by atoms with Crippen molar-refractivity contribution >= 4 is 23.8 Å². The van der Waals surface area contributed by atoms with Gasteiger partial charge in [0.15, 0.2) is 0 Å². The Balaban J connectivity index is 2.10. The molecule has 1 atom stereocenters. The second-order valence-corrected chi connectivity index (χ2v) is 4.72. The first-order chi connectivity index (χ1) is 10.6. The first-order valence-electron chi connectivity index (χ1n) is 6.70. The molecule has 0 aliphatic carbocycles. The van der Waals surface area contributed by atoms with Gasteiger partial charge in [-0.25, -0.2) is 4.98 Å². The van der Waals surface area contributed by atoms with Crippen LogP contribution in [0.4, 0.5) is 5.69 Å². The van der Waals surface area contributed by atoms with Crippen molar-refractivity contribution in [3.8, 4) is 0 Å². The fraction of sp³-hybridized carbons (Fsp3) is 0.200. The van der Waals surface area contributed by atoms with Crippen LogP contribution >= 0.6 is 0 Å². The molecule has 0 saturated heterocycles. The van der Waals surface area contributed by atoms with E-state index in [1.807, 2.05) is 0 Å². The molecule has 0 aliphatic rings. The standard InChI is InChI=1S/C15H16N4O3/c1-10(21)18-14-5-3-2-4-13(14)15(22)19-12(8-20)6-11-7-16-9-17-11/h2-5,7-9,12H,6H2,1H3,(H,16,17)(H,18,21)(H,19,22)/t12-/m0/s1. The molecule has 1 aromatic carbocycles. The average molecular weight is 300 g/mol. The van der Waals surface area contributed by atoms with E-state index >= 15 is 0 Å². The third kappa shape index (κ3) is 4.02. The van der Waals surface area contributed by atoms with Crippen LogP contribution < -0.4 is 10.6 Å². The third-order valence-electron chi connectivity index (χ3n) is 2.96. The normalized spacial score (nSPS) is 11.5. The summed E-state index contributed by atoms with van der Waals surface area (Å²) in [6.45, 7) is 1.36. The quantitative estimate of drug-likeness (QED) is 0.690. The number of hydrogen-bond acceptors (Lipinski definition) is 4. The van der Waals surface area contributed by atoms with E-state index in [-0.39, 0.29) is 5.91 Å². The van der Waals surface area contributed by atoms with Crippen LogP contribution in [0, 0.1) is 0 Å². The summed E-state index contributed by atoms with van der Waals surface area (Å²) < 4.78 is 0. The highest BCUT2D eigenvalue weighted by atomic mass is 16.2. The molecule has 0 saturated carbocycles. The van der Waals surface area contributed by atoms with Gasteiger partial charge in [0.2, 0.25) is 5.91 Å². The monoisotopic (exact) mass is 300 g/mol. The van der Waals surface area contributed by atoms with Crippen LogP contribution in [0.2, 0.25) is 0 Å². The highest BCUT2D eigenvalue weighted by Crippen LogP contribution is 2.15. The Labute approximate surface area is 127 Å². The zero-order valence-corrected chi connectivity index (χ0v) is 12.0. The molecule has 3 N–H and O–H groups in total. The van der Waals surface area contributed by atoms with Crippen LogP contribution in [0.5, 0.6) is 0 Å². The van der Waals surface area contributed by atoms with E-state index < -0.39 is 11.9 Å². The maximum atomic E-state index is 12.3. The lowest BCUT2D eigenvalue weighted by molar-refractivity contribution is -0.114. The second-order valence-electron chi connectivity index (χ2n) is 4.72. The molecule has 7 heteroatoms. The molecule has 0 spiro atoms. The maximum Gasteiger partial charge on any atom is 0.253 e. The Morgan fingerprint density at radius 2 is 2.14 bits per heavy atom. The zero-order valence-electron chi connectivity index (χ0n) is 12.0. The van der Waals surface area contributed by atoms with Crippen molar-refractivity contribution in [1.29, 1.82) is 0 Å². The number of H-pyrrole nitrogens is 1. The van der Waals surface area contributed by atoms with Crippen LogP contribution in [-0.4, -0.2) is 34.1 Å². The van der Waals surface area contributed by atoms with Gasteiger partial charge in [-0.2, -0.15) is 0 Å². The number of aromatic nitrogens is 2. The zero-order chi connectivity index (χ0) is 15.9. The van der Waals surface area contributed by atoms with E-state index in [4.69, 9.17) is 0 Å². The molecule has 22 heavy (non-hydrogen) atoms. The average Bonchev–Trinajstić information content (AvgIpc) is 2.99. The minimum Gasteiger partial charge on any atom is -0.348 e. The van der Waals surface area contributed by atoms with Crippen molar-refractivity contribution in [3.05, 3.63) is 48.0 Å². The van der Waals surface area contributed by atoms with E-state index in [9.17, 15) is 14.4 Å². The number of para-hydroxylation sites is 1. The number of aromatic amines is 1. The summed E-state index contributed by atoms with van der Waals surface area (Å²) in [5.74, 6) is -0.703. The largest absolute Gasteiger partial charge is 0.348 e. The van der Waals surface area contributed by atoms with Crippen molar-refractivity contribution in [3.63, 3.8) is 0 Å². The number of benzene rings is 1. The van der Waals surface area contributed by atoms with Crippen LogP contribution in [0.3, 0.4) is 0 Å². The lowest BCUT2D eigenvalue weighted by Crippen LogP contribution is -2.38. The molecule has 0 unspecified atom stereocenters. The predicted molar refractivity (Wildman–Crippen MR) is 80.4 cm³/mol. The predicted octanol–water partition coefficient (Wildman–Crippen LogP) is 0.908. The number of nitrogens with one attached hydrogen (secondary N) is 3. The maximum absolute atomic E-state index is 12.3. The number of aldehydes is 1. The van der Waals surface area contributed by atoms with E-state index in [1.165, 1.54) is 13.3 Å². The molecule has 0 aliphatic heterocycles. The van der Waals surface area contributed by atoms with Crippen LogP contribution in [0.1, 0.15) is 23.0 Å². The molecule has 1 heterocycles. The number of rotatable bonds is 6. The smallest absolute Gasteiger partial charge is 0.253 e. The molecular weight excluding hydrogens is 284 g/mol. The molecule has 2 amide bonds. The van der Waals surface area contributed by atoms with Gasteiger partial charge in [0, 0.05) is 25.2 Å². The Morgan fingerprint density at radius 3 is 2.77 bits per heavy atom. The van der Waals surface area contributed by atoms with Crippen molar-refractivity contribution in [2.45, 2.75) is 19.4 Å². The first kappa shape index (κ1) is 15.4. The van der Waals surface area contributed by atoms with E-state index in [0.29, 0.717) is 24.0 Å². The van der Waals surface area contributed by atoms with Crippen molar-refractivity contribution in [2.24, 2.45) is 0 Å². The SMILES string of the molecule is CC(=O)Nc1ccccc1C(=O)N[C@H](C=O)Cc1cnc[nH]1. The molecule has 7 nitrogen and oxygen atoms in total. The molecule has 0 bridgehead atoms. The molecule has 2 aromatic rings. The minimum atomic E-state index is -0.682. The van der Waals surface area contributed by atoms with Crippen molar-refractivity contribution < 1.29 is 14.4 Å². The highest BCUT2D eigenvalue weighted by molar-refractivity contribution is 6.04. The topological polar surface area (TPSA) is 104 Å². The van der Waals surface area contributed by atoms with Gasteiger partial charge in [0.05, 0.1) is 23.6 Å². The first-order valence-corrected chi connectivity index (χ1v) is 6.70. The van der Waals surface area contributed by atoms with E-state index in [1.54, 1.807) is 30.5 Å². The molecule has 0 fully saturated rings. The summed E-state index contributed by atoms with van der Waals surface area (Å²) in [7, 11) is 0. The number of hydrogen-bond donors (Lipinski definition) is 3. The number of anilines is 1. The fourth-order valence-electron chi connectivity index (χ4n) is 1.99. The van der Waals surface area contributed by atoms with Gasteiger partial charge in [-0.3, -0.25) is 9.59 Å². The Morgan fingerprint density at radius 1 is 1.36 bits per heavy atom. The van der Waals surface area contributed by atoms with Gasteiger partial charge in [-0.1, -0.05) is 12.1 Å². The van der Waals surface area contributed by atoms with Crippen LogP contribution in [-0.2, 0) is 16.0 Å². The summed E-state index contributed by atoms with van der Waals surface area (Å²) in [5.41, 5.74) is 1.44. The summed E-state index contributed by atoms with van der Waals surface area (Å²) in [4.78, 5) is 41.3. The summed E-state index contributed by atoms with van der Waals surface area (Å²) in [5, 5.41) is 5.22. The third-order valence-corrected chi connectivity index (χ3v) is 2.96. The summed E-state index contributed by atoms with van der Waals surface area (Å²) in [6, 6.07) is 5.92. The van der Waals surface area contributed by atoms with Crippen molar-refractivity contribution in [2.75, 3.05) is 5.32 Å². The molecule has 1 aromatic heterocycles. The Bertz CT molecular complexity index is 667. The number of carbonyl (C=O) groups is 3. The lowest BCUT2D eigenvalue weighted by Gasteiger charge is -2.14. The van der Waals surface area contributed by atoms with E-state index in [2.05, 4.69) is 20.6 Å². The summed E-state index contributed by atoms with van der Waals surface area (Å²) >= 11 is 0. The molecule has 114 valence electrons. The van der Waals surface area contributed by atoms with Gasteiger partial charge in [0.1, 0.15) is 6.29 Å². The van der Waals surface area contributed by atoms with Crippen LogP contribution in [0.25, 0.3) is 0 Å². The second kappa shape index (κ2) is 7.16. The lowest BCUT2D eigenvalue weighted by atomic mass is 10.1. The molecule has 2 rings (SSSR count). The van der Waals surface area contributed by atoms with Crippen LogP contribution in [0.15, 0.2) is 36.8 Å². The number of carbonyl (C=O) groups excluding carboxylic acids is 3.